The van der Waals surface area contributed by atoms with Gasteiger partial charge in [-0.05, 0) is 0 Å². The average molecular weight is 130 g/mol. The zero-order valence-corrected chi connectivity index (χ0v) is 4.66. The highest BCUT2D eigenvalue weighted by molar-refractivity contribution is 5.86. The molecule has 5 heteroatoms. The van der Waals surface area contributed by atoms with Crippen LogP contribution in [-0.4, -0.2) is 16.4 Å². The third-order valence-corrected chi connectivity index (χ3v) is 1.53. The molecule has 1 amide bonds. The Hall–Kier alpha value is -1.13. The van der Waals surface area contributed by atoms with Gasteiger partial charge in [0.2, 0.25) is 0 Å². The highest BCUT2D eigenvalue weighted by atomic mass is 16.6. The minimum Gasteiger partial charge on any atom is -0.363 e. The van der Waals surface area contributed by atoms with E-state index in [0.717, 1.165) is 0 Å². The number of carbonyl (C=O) groups excluding carboxylic acids is 1. The van der Waals surface area contributed by atoms with Gasteiger partial charge in [0.05, 0.1) is 0 Å². The van der Waals surface area contributed by atoms with Gasteiger partial charge in [-0.2, -0.15) is 0 Å². The van der Waals surface area contributed by atoms with Crippen LogP contribution in [0.25, 0.3) is 0 Å². The third-order valence-electron chi connectivity index (χ3n) is 1.53. The maximum atomic E-state index is 10.3. The van der Waals surface area contributed by atoms with E-state index in [1.165, 1.54) is 0 Å². The highest BCUT2D eigenvalue weighted by Gasteiger charge is 2.61. The molecule has 1 aliphatic carbocycles. The van der Waals surface area contributed by atoms with Crippen molar-refractivity contribution in [1.82, 2.24) is 0 Å². The quantitative estimate of drug-likeness (QED) is 0.395. The summed E-state index contributed by atoms with van der Waals surface area (Å²) in [5.74, 6) is -0.812. The lowest BCUT2D eigenvalue weighted by molar-refractivity contribution is -0.522. The van der Waals surface area contributed by atoms with Crippen molar-refractivity contribution in [2.45, 2.75) is 18.4 Å². The van der Waals surface area contributed by atoms with Gasteiger partial charge in [-0.15, -0.1) is 0 Å². The Morgan fingerprint density at radius 2 is 2.11 bits per heavy atom. The van der Waals surface area contributed by atoms with Gasteiger partial charge in [-0.1, -0.05) is 0 Å². The van der Waals surface area contributed by atoms with E-state index < -0.39 is 16.4 Å². The number of nitrogens with zero attached hydrogens (tertiary/aromatic N) is 1. The molecule has 0 bridgehead atoms. The maximum absolute atomic E-state index is 10.3. The van der Waals surface area contributed by atoms with Gasteiger partial charge < -0.3 is 5.73 Å². The number of carbonyl (C=O) groups is 1. The van der Waals surface area contributed by atoms with Gasteiger partial charge >= 0.3 is 0 Å². The summed E-state index contributed by atoms with van der Waals surface area (Å²) in [7, 11) is 0. The first kappa shape index (κ1) is 6.00. The summed E-state index contributed by atoms with van der Waals surface area (Å²) in [4.78, 5) is 19.7. The van der Waals surface area contributed by atoms with Crippen LogP contribution in [0.3, 0.4) is 0 Å². The van der Waals surface area contributed by atoms with Crippen molar-refractivity contribution in [3.63, 3.8) is 0 Å². The molecular weight excluding hydrogens is 124 g/mol. The second-order valence-corrected chi connectivity index (χ2v) is 2.15. The van der Waals surface area contributed by atoms with Crippen molar-refractivity contribution in [3.8, 4) is 0 Å². The highest BCUT2D eigenvalue weighted by Crippen LogP contribution is 2.37. The standard InChI is InChI=1S/C4H6N2O3/c5-3(7)4(1-2-4)6(8)9/h1-2H2,(H2,5,7). The maximum Gasteiger partial charge on any atom is 0.298 e. The Morgan fingerprint density at radius 3 is 2.11 bits per heavy atom. The van der Waals surface area contributed by atoms with Gasteiger partial charge in [0.15, 0.2) is 0 Å². The van der Waals surface area contributed by atoms with E-state index in [2.05, 4.69) is 0 Å². The Balaban J connectivity index is 2.75. The molecule has 0 aromatic rings. The second-order valence-electron chi connectivity index (χ2n) is 2.15. The fourth-order valence-electron chi connectivity index (χ4n) is 0.637. The van der Waals surface area contributed by atoms with Crippen molar-refractivity contribution < 1.29 is 9.72 Å². The number of hydrogen-bond donors (Lipinski definition) is 1. The SMILES string of the molecule is NC(=O)C1([N+](=O)[O-])CC1. The van der Waals surface area contributed by atoms with E-state index >= 15 is 0 Å². The van der Waals surface area contributed by atoms with Gasteiger partial charge in [0, 0.05) is 17.8 Å². The largest absolute Gasteiger partial charge is 0.363 e. The van der Waals surface area contributed by atoms with Crippen molar-refractivity contribution in [3.05, 3.63) is 10.1 Å². The van der Waals surface area contributed by atoms with Crippen LogP contribution in [0.2, 0.25) is 0 Å². The Labute approximate surface area is 51.0 Å². The smallest absolute Gasteiger partial charge is 0.298 e. The molecule has 0 heterocycles. The summed E-state index contributed by atoms with van der Waals surface area (Å²) in [6, 6.07) is 0. The van der Waals surface area contributed by atoms with E-state index in [4.69, 9.17) is 5.73 Å². The molecule has 1 fully saturated rings. The van der Waals surface area contributed by atoms with Gasteiger partial charge in [-0.3, -0.25) is 14.9 Å². The summed E-state index contributed by atoms with van der Waals surface area (Å²) < 4.78 is 0. The van der Waals surface area contributed by atoms with E-state index in [1.807, 2.05) is 0 Å². The van der Waals surface area contributed by atoms with Crippen LogP contribution in [0, 0.1) is 10.1 Å². The topological polar surface area (TPSA) is 86.2 Å². The zero-order chi connectivity index (χ0) is 7.07. The first-order valence-corrected chi connectivity index (χ1v) is 2.54. The number of hydrogen-bond acceptors (Lipinski definition) is 3. The number of primary amides is 1. The summed E-state index contributed by atoms with van der Waals surface area (Å²) >= 11 is 0. The molecule has 0 aromatic heterocycles. The minimum atomic E-state index is -1.39. The first-order valence-electron chi connectivity index (χ1n) is 2.54. The van der Waals surface area contributed by atoms with E-state index in [1.54, 1.807) is 0 Å². The monoisotopic (exact) mass is 130 g/mol. The Kier molecular flexibility index (Phi) is 0.952. The summed E-state index contributed by atoms with van der Waals surface area (Å²) in [6.45, 7) is 0. The first-order chi connectivity index (χ1) is 4.09. The molecule has 0 spiro atoms. The molecule has 2 N–H and O–H groups in total. The molecule has 0 radical (unpaired) electrons. The third kappa shape index (κ3) is 0.647. The molecule has 0 saturated heterocycles. The zero-order valence-electron chi connectivity index (χ0n) is 4.66. The molecule has 0 atom stereocenters. The Morgan fingerprint density at radius 1 is 1.67 bits per heavy atom. The average Bonchev–Trinajstić information content (AvgIpc) is 2.40. The normalized spacial score (nSPS) is 20.9. The molecule has 1 saturated carbocycles. The lowest BCUT2D eigenvalue weighted by Crippen LogP contribution is -2.37. The summed E-state index contributed by atoms with van der Waals surface area (Å²) in [6.07, 6.45) is 0.602. The summed E-state index contributed by atoms with van der Waals surface area (Å²) in [5, 5.41) is 10.0. The van der Waals surface area contributed by atoms with Crippen LogP contribution in [0.4, 0.5) is 0 Å². The number of amides is 1. The van der Waals surface area contributed by atoms with E-state index in [9.17, 15) is 14.9 Å². The number of nitrogens with two attached hydrogens (primary N) is 1. The van der Waals surface area contributed by atoms with Crippen LogP contribution in [-0.2, 0) is 4.79 Å². The predicted molar refractivity (Wildman–Crippen MR) is 28.2 cm³/mol. The summed E-state index contributed by atoms with van der Waals surface area (Å²) in [5.41, 5.74) is 3.36. The molecular formula is C4H6N2O3. The molecule has 9 heavy (non-hydrogen) atoms. The molecule has 5 nitrogen and oxygen atoms in total. The fraction of sp³-hybridized carbons (Fsp3) is 0.750. The van der Waals surface area contributed by atoms with Crippen molar-refractivity contribution >= 4 is 5.91 Å². The predicted octanol–water partition coefficient (Wildman–Crippen LogP) is -0.719. The fourth-order valence-corrected chi connectivity index (χ4v) is 0.637. The lowest BCUT2D eigenvalue weighted by atomic mass is 10.3. The lowest BCUT2D eigenvalue weighted by Gasteiger charge is -1.98. The number of nitro groups is 1. The van der Waals surface area contributed by atoms with Gasteiger partial charge in [0.25, 0.3) is 11.4 Å². The van der Waals surface area contributed by atoms with Crippen LogP contribution in [0.15, 0.2) is 0 Å². The van der Waals surface area contributed by atoms with Crippen LogP contribution < -0.4 is 5.73 Å². The minimum absolute atomic E-state index is 0.301. The molecule has 0 unspecified atom stereocenters. The molecule has 1 aliphatic rings. The number of rotatable bonds is 2. The van der Waals surface area contributed by atoms with Gasteiger partial charge in [0.1, 0.15) is 0 Å². The van der Waals surface area contributed by atoms with Crippen LogP contribution in [0.1, 0.15) is 12.8 Å². The molecule has 0 aromatic carbocycles. The molecule has 50 valence electrons. The Bertz CT molecular complexity index is 157. The van der Waals surface area contributed by atoms with E-state index in [-0.39, 0.29) is 0 Å². The molecule has 1 rings (SSSR count). The van der Waals surface area contributed by atoms with Crippen molar-refractivity contribution in [2.75, 3.05) is 0 Å². The molecule has 0 aliphatic heterocycles. The van der Waals surface area contributed by atoms with Crippen LogP contribution in [0.5, 0.6) is 0 Å². The van der Waals surface area contributed by atoms with E-state index in [0.29, 0.717) is 12.8 Å². The van der Waals surface area contributed by atoms with Crippen molar-refractivity contribution in [1.29, 1.82) is 0 Å². The van der Waals surface area contributed by atoms with Gasteiger partial charge in [-0.25, -0.2) is 0 Å². The van der Waals surface area contributed by atoms with Crippen LogP contribution >= 0.6 is 0 Å². The second kappa shape index (κ2) is 1.43. The van der Waals surface area contributed by atoms with Crippen molar-refractivity contribution in [2.24, 2.45) is 5.73 Å².